The van der Waals surface area contributed by atoms with Crippen molar-refractivity contribution < 1.29 is 80.9 Å². The van der Waals surface area contributed by atoms with Crippen molar-refractivity contribution in [2.24, 2.45) is 0 Å². The van der Waals surface area contributed by atoms with Crippen molar-refractivity contribution >= 4 is 70.1 Å². The van der Waals surface area contributed by atoms with Crippen LogP contribution in [-0.4, -0.2) is 138 Å². The molecule has 0 aromatic rings. The van der Waals surface area contributed by atoms with Crippen LogP contribution in [0.25, 0.3) is 0 Å². The molecule has 51 heavy (non-hydrogen) atoms. The third kappa shape index (κ3) is 13.5. The summed E-state index contributed by atoms with van der Waals surface area (Å²) in [5, 5.41) is 0. The fraction of sp³-hybridized carbons (Fsp3) is 0.742. The van der Waals surface area contributed by atoms with Crippen molar-refractivity contribution in [3.8, 4) is 0 Å². The van der Waals surface area contributed by atoms with Gasteiger partial charge in [-0.25, -0.2) is 0 Å². The number of thioether (sulfide) groups is 1. The summed E-state index contributed by atoms with van der Waals surface area (Å²) >= 11 is 6.61. The van der Waals surface area contributed by atoms with Gasteiger partial charge in [-0.1, -0.05) is 24.0 Å². The predicted molar refractivity (Wildman–Crippen MR) is 176 cm³/mol. The van der Waals surface area contributed by atoms with E-state index in [1.165, 1.54) is 0 Å². The second-order valence-corrected chi connectivity index (χ2v) is 13.0. The average molecular weight is 768 g/mol. The van der Waals surface area contributed by atoms with Crippen LogP contribution >= 0.6 is 24.0 Å². The molecular weight excluding hydrogens is 722 g/mol. The van der Waals surface area contributed by atoms with Crippen molar-refractivity contribution in [2.75, 3.05) is 26.3 Å². The summed E-state index contributed by atoms with van der Waals surface area (Å²) in [4.78, 5) is 87.5. The van der Waals surface area contributed by atoms with Gasteiger partial charge in [0.2, 0.25) is 0 Å². The summed E-state index contributed by atoms with van der Waals surface area (Å²) in [6.07, 6.45) is -13.7. The van der Waals surface area contributed by atoms with Gasteiger partial charge in [0.05, 0.1) is 0 Å². The van der Waals surface area contributed by atoms with E-state index < -0.39 is 116 Å². The summed E-state index contributed by atoms with van der Waals surface area (Å²) in [6.45, 7) is 11.4. The maximum absolute atomic E-state index is 12.6. The molecule has 2 aliphatic rings. The lowest BCUT2D eigenvalue weighted by atomic mass is 9.96. The third-order valence-corrected chi connectivity index (χ3v) is 8.74. The summed E-state index contributed by atoms with van der Waals surface area (Å²) in [7, 11) is 0. The van der Waals surface area contributed by atoms with Gasteiger partial charge in [0, 0.05) is 61.6 Å². The van der Waals surface area contributed by atoms with Gasteiger partial charge < -0.3 is 52.3 Å². The Balaban J connectivity index is 2.76. The molecule has 2 saturated heterocycles. The van der Waals surface area contributed by atoms with Gasteiger partial charge in [-0.05, 0) is 13.8 Å². The topological polar surface area (TPSA) is 215 Å². The Morgan fingerprint density at radius 2 is 0.941 bits per heavy atom. The molecule has 0 amide bonds. The number of thiocarbonyl (C=S) groups is 1. The van der Waals surface area contributed by atoms with Gasteiger partial charge in [0.15, 0.2) is 42.2 Å². The van der Waals surface area contributed by atoms with Gasteiger partial charge in [0.1, 0.15) is 35.8 Å². The lowest BCUT2D eigenvalue weighted by Crippen LogP contribution is -2.67. The molecule has 288 valence electrons. The van der Waals surface area contributed by atoms with Crippen LogP contribution in [0, 0.1) is 0 Å². The summed E-state index contributed by atoms with van der Waals surface area (Å²) in [6, 6.07) is 0. The molecule has 0 bridgehead atoms. The standard InChI is InChI=1S/C31H45NO17S2/c1-10-32(11-2)31(50)51-30-28(46-20(9)39)26(44-18(7)37)24(22(48-30)13-41-15(4)34)49-29-27(45-19(8)38)25(43-17(6)36)23(42-16(5)35)21(47-29)12-40-14(3)33/h21-30H,10-13H2,1-9H3/t21-,22-,23-,24-,25+,26+,27-,28-,29+,30+/m1/s1. The van der Waals surface area contributed by atoms with E-state index >= 15 is 0 Å². The van der Waals surface area contributed by atoms with Gasteiger partial charge in [0.25, 0.3) is 0 Å². The molecule has 2 rings (SSSR count). The highest BCUT2D eigenvalue weighted by Gasteiger charge is 2.57. The van der Waals surface area contributed by atoms with Crippen molar-refractivity contribution in [1.82, 2.24) is 4.90 Å². The molecule has 0 aromatic heterocycles. The monoisotopic (exact) mass is 767 g/mol. The van der Waals surface area contributed by atoms with E-state index in [2.05, 4.69) is 0 Å². The molecule has 0 spiro atoms. The maximum Gasteiger partial charge on any atom is 0.303 e. The number of nitrogens with zero attached hydrogens (tertiary/aromatic N) is 1. The minimum absolute atomic E-state index is 0.355. The number of carbonyl (C=O) groups excluding carboxylic acids is 7. The Morgan fingerprint density at radius 1 is 0.549 bits per heavy atom. The van der Waals surface area contributed by atoms with Crippen LogP contribution in [0.2, 0.25) is 0 Å². The molecule has 10 atom stereocenters. The van der Waals surface area contributed by atoms with Crippen LogP contribution in [-0.2, 0) is 80.9 Å². The zero-order valence-electron chi connectivity index (χ0n) is 29.8. The molecule has 0 saturated carbocycles. The number of ether oxygens (including phenoxy) is 10. The maximum atomic E-state index is 12.6. The zero-order chi connectivity index (χ0) is 38.6. The molecule has 0 radical (unpaired) electrons. The highest BCUT2D eigenvalue weighted by molar-refractivity contribution is 8.23. The number of esters is 7. The minimum Gasteiger partial charge on any atom is -0.463 e. The largest absolute Gasteiger partial charge is 0.463 e. The molecule has 0 N–H and O–H groups in total. The molecule has 0 aromatic carbocycles. The number of rotatable bonds is 14. The van der Waals surface area contributed by atoms with Crippen LogP contribution in [0.15, 0.2) is 0 Å². The first-order chi connectivity index (χ1) is 23.9. The fourth-order valence-electron chi connectivity index (χ4n) is 5.22. The lowest BCUT2D eigenvalue weighted by molar-refractivity contribution is -0.341. The molecule has 2 fully saturated rings. The van der Waals surface area contributed by atoms with E-state index in [0.717, 1.165) is 60.2 Å². The van der Waals surface area contributed by atoms with Crippen LogP contribution in [0.3, 0.4) is 0 Å². The van der Waals surface area contributed by atoms with E-state index in [0.29, 0.717) is 17.4 Å². The SMILES string of the molecule is CCN(CC)C(=S)S[C@@H]1O[C@H](COC(C)=O)[C@@H](O[C@@H]2O[C@H](COC(C)=O)[C@@H](OC(C)=O)[C@H](OC(C)=O)[C@H]2OC(C)=O)[C@H](OC(C)=O)[C@H]1OC(C)=O. The number of hydrogen-bond donors (Lipinski definition) is 0. The Kier molecular flexibility index (Phi) is 17.5. The summed E-state index contributed by atoms with van der Waals surface area (Å²) in [5.74, 6) is -5.70. The summed E-state index contributed by atoms with van der Waals surface area (Å²) < 4.78 is 57.2. The van der Waals surface area contributed by atoms with Gasteiger partial charge in [-0.3, -0.25) is 33.6 Å². The van der Waals surface area contributed by atoms with Crippen molar-refractivity contribution in [3.05, 3.63) is 0 Å². The van der Waals surface area contributed by atoms with Gasteiger partial charge >= 0.3 is 41.8 Å². The molecule has 0 unspecified atom stereocenters. The van der Waals surface area contributed by atoms with E-state index in [1.807, 2.05) is 18.7 Å². The normalized spacial score (nSPS) is 28.6. The Hall–Kier alpha value is -3.59. The first kappa shape index (κ1) is 43.6. The molecule has 18 nitrogen and oxygen atoms in total. The lowest BCUT2D eigenvalue weighted by Gasteiger charge is -2.48. The number of carbonyl (C=O) groups is 7. The van der Waals surface area contributed by atoms with Gasteiger partial charge in [-0.2, -0.15) is 0 Å². The first-order valence-electron chi connectivity index (χ1n) is 15.9. The average Bonchev–Trinajstić information content (AvgIpc) is 3.00. The molecular formula is C31H45NO17S2. The highest BCUT2D eigenvalue weighted by atomic mass is 32.2. The minimum atomic E-state index is -1.77. The molecule has 0 aliphatic carbocycles. The van der Waals surface area contributed by atoms with Crippen molar-refractivity contribution in [1.29, 1.82) is 0 Å². The van der Waals surface area contributed by atoms with Gasteiger partial charge in [-0.15, -0.1) is 0 Å². The smallest absolute Gasteiger partial charge is 0.303 e. The Morgan fingerprint density at radius 3 is 1.37 bits per heavy atom. The van der Waals surface area contributed by atoms with Crippen LogP contribution in [0.5, 0.6) is 0 Å². The Bertz CT molecular complexity index is 1290. The fourth-order valence-corrected chi connectivity index (χ4v) is 6.91. The highest BCUT2D eigenvalue weighted by Crippen LogP contribution is 2.38. The first-order valence-corrected chi connectivity index (χ1v) is 17.2. The quantitative estimate of drug-likeness (QED) is 0.137. The molecule has 2 heterocycles. The summed E-state index contributed by atoms with van der Waals surface area (Å²) in [5.41, 5.74) is -1.14. The third-order valence-electron chi connectivity index (χ3n) is 7.12. The van der Waals surface area contributed by atoms with Crippen LogP contribution < -0.4 is 0 Å². The molecule has 2 aliphatic heterocycles. The van der Waals surface area contributed by atoms with Crippen LogP contribution in [0.4, 0.5) is 0 Å². The van der Waals surface area contributed by atoms with Crippen LogP contribution in [0.1, 0.15) is 62.3 Å². The van der Waals surface area contributed by atoms with Crippen molar-refractivity contribution in [2.45, 2.75) is 123 Å². The second-order valence-electron chi connectivity index (χ2n) is 11.2. The van der Waals surface area contributed by atoms with E-state index in [9.17, 15) is 33.6 Å². The Labute approximate surface area is 304 Å². The van der Waals surface area contributed by atoms with E-state index in [1.54, 1.807) is 0 Å². The zero-order valence-corrected chi connectivity index (χ0v) is 31.4. The second kappa shape index (κ2) is 20.4. The molecule has 20 heteroatoms. The number of hydrogen-bond acceptors (Lipinski definition) is 19. The van der Waals surface area contributed by atoms with E-state index in [-0.39, 0.29) is 0 Å². The van der Waals surface area contributed by atoms with E-state index in [4.69, 9.17) is 59.6 Å². The van der Waals surface area contributed by atoms with Crippen molar-refractivity contribution in [3.63, 3.8) is 0 Å². The predicted octanol–water partition coefficient (Wildman–Crippen LogP) is 0.966.